The van der Waals surface area contributed by atoms with E-state index < -0.39 is 0 Å². The van der Waals surface area contributed by atoms with Gasteiger partial charge in [0, 0.05) is 20.3 Å². The number of amides is 1. The number of likely N-dealkylation sites (tertiary alicyclic amines) is 1. The van der Waals surface area contributed by atoms with Crippen LogP contribution in [0.4, 0.5) is 0 Å². The largest absolute Gasteiger partial charge is 0.468 e. The molecule has 1 fully saturated rings. The first-order chi connectivity index (χ1) is 9.19. The molecule has 6 nitrogen and oxygen atoms in total. The second-order valence-electron chi connectivity index (χ2n) is 4.70. The molecule has 1 atom stereocenters. The van der Waals surface area contributed by atoms with Gasteiger partial charge in [-0.3, -0.25) is 14.5 Å². The average Bonchev–Trinajstić information content (AvgIpc) is 2.43. The predicted octanol–water partition coefficient (Wildman–Crippen LogP) is 0.167. The van der Waals surface area contributed by atoms with Crippen LogP contribution in [0.15, 0.2) is 0 Å². The van der Waals surface area contributed by atoms with Crippen molar-refractivity contribution in [3.8, 4) is 0 Å². The van der Waals surface area contributed by atoms with Gasteiger partial charge in [0.1, 0.15) is 6.04 Å². The lowest BCUT2D eigenvalue weighted by molar-refractivity contribution is -0.148. The summed E-state index contributed by atoms with van der Waals surface area (Å²) in [5.41, 5.74) is 0. The minimum atomic E-state index is -0.275. The molecule has 0 radical (unpaired) electrons. The van der Waals surface area contributed by atoms with E-state index in [0.717, 1.165) is 32.2 Å². The van der Waals surface area contributed by atoms with Crippen molar-refractivity contribution in [3.63, 3.8) is 0 Å². The molecule has 1 heterocycles. The van der Waals surface area contributed by atoms with E-state index in [4.69, 9.17) is 9.47 Å². The fourth-order valence-corrected chi connectivity index (χ4v) is 2.27. The van der Waals surface area contributed by atoms with Gasteiger partial charge < -0.3 is 14.8 Å². The molecule has 1 N–H and O–H groups in total. The Morgan fingerprint density at radius 1 is 1.32 bits per heavy atom. The number of carbonyl (C=O) groups excluding carboxylic acids is 2. The van der Waals surface area contributed by atoms with Crippen LogP contribution in [0.2, 0.25) is 0 Å². The zero-order chi connectivity index (χ0) is 14.1. The van der Waals surface area contributed by atoms with E-state index in [2.05, 4.69) is 5.32 Å². The number of ether oxygens (including phenoxy) is 2. The van der Waals surface area contributed by atoms with Crippen molar-refractivity contribution >= 4 is 11.9 Å². The molecule has 0 aliphatic carbocycles. The van der Waals surface area contributed by atoms with Crippen LogP contribution in [0, 0.1) is 0 Å². The molecular formula is C13H24N2O4. The van der Waals surface area contributed by atoms with E-state index in [0.29, 0.717) is 13.2 Å². The quantitative estimate of drug-likeness (QED) is 0.528. The highest BCUT2D eigenvalue weighted by Gasteiger charge is 2.30. The predicted molar refractivity (Wildman–Crippen MR) is 70.7 cm³/mol. The van der Waals surface area contributed by atoms with Crippen LogP contribution in [0.3, 0.4) is 0 Å². The first kappa shape index (κ1) is 15.9. The molecule has 19 heavy (non-hydrogen) atoms. The lowest BCUT2D eigenvalue weighted by atomic mass is 10.0. The number of carbonyl (C=O) groups is 2. The Kier molecular flexibility index (Phi) is 7.43. The van der Waals surface area contributed by atoms with Crippen molar-refractivity contribution in [1.82, 2.24) is 10.2 Å². The van der Waals surface area contributed by atoms with Crippen LogP contribution in [0.5, 0.6) is 0 Å². The van der Waals surface area contributed by atoms with Crippen LogP contribution in [0.1, 0.15) is 25.7 Å². The van der Waals surface area contributed by atoms with Gasteiger partial charge in [0.05, 0.1) is 13.7 Å². The normalized spacial score (nSPS) is 20.0. The van der Waals surface area contributed by atoms with E-state index in [9.17, 15) is 9.59 Å². The summed E-state index contributed by atoms with van der Waals surface area (Å²) in [5.74, 6) is -0.293. The summed E-state index contributed by atoms with van der Waals surface area (Å²) in [6, 6.07) is -0.275. The molecule has 0 unspecified atom stereocenters. The summed E-state index contributed by atoms with van der Waals surface area (Å²) in [6.45, 7) is 2.26. The molecule has 1 saturated heterocycles. The van der Waals surface area contributed by atoms with Crippen molar-refractivity contribution in [2.75, 3.05) is 40.5 Å². The number of rotatable bonds is 7. The van der Waals surface area contributed by atoms with E-state index in [1.54, 1.807) is 7.11 Å². The topological polar surface area (TPSA) is 67.9 Å². The maximum absolute atomic E-state index is 11.8. The third-order valence-corrected chi connectivity index (χ3v) is 3.28. The molecule has 1 rings (SSSR count). The molecule has 0 spiro atoms. The number of hydrogen-bond acceptors (Lipinski definition) is 5. The van der Waals surface area contributed by atoms with Crippen molar-refractivity contribution in [2.24, 2.45) is 0 Å². The van der Waals surface area contributed by atoms with Crippen LogP contribution in [0.25, 0.3) is 0 Å². The van der Waals surface area contributed by atoms with Crippen LogP contribution >= 0.6 is 0 Å². The summed E-state index contributed by atoms with van der Waals surface area (Å²) in [5, 5.41) is 2.83. The fraction of sp³-hybridized carbons (Fsp3) is 0.846. The fourth-order valence-electron chi connectivity index (χ4n) is 2.27. The van der Waals surface area contributed by atoms with Gasteiger partial charge in [-0.1, -0.05) is 6.42 Å². The lowest BCUT2D eigenvalue weighted by Gasteiger charge is -2.32. The molecular weight excluding hydrogens is 248 g/mol. The summed E-state index contributed by atoms with van der Waals surface area (Å²) in [4.78, 5) is 25.3. The second kappa shape index (κ2) is 8.87. The third-order valence-electron chi connectivity index (χ3n) is 3.28. The summed E-state index contributed by atoms with van der Waals surface area (Å²) >= 11 is 0. The number of esters is 1. The highest BCUT2D eigenvalue weighted by Crippen LogP contribution is 2.17. The van der Waals surface area contributed by atoms with Gasteiger partial charge in [-0.15, -0.1) is 0 Å². The number of nitrogens with zero attached hydrogens (tertiary/aromatic N) is 1. The Balaban J connectivity index is 2.35. The average molecular weight is 272 g/mol. The van der Waals surface area contributed by atoms with Gasteiger partial charge in [-0.25, -0.2) is 0 Å². The van der Waals surface area contributed by atoms with Crippen LogP contribution < -0.4 is 5.32 Å². The van der Waals surface area contributed by atoms with Gasteiger partial charge in [-0.2, -0.15) is 0 Å². The molecule has 0 saturated carbocycles. The third kappa shape index (κ3) is 5.57. The van der Waals surface area contributed by atoms with Crippen molar-refractivity contribution in [2.45, 2.75) is 31.7 Å². The van der Waals surface area contributed by atoms with Crippen LogP contribution in [-0.2, 0) is 19.1 Å². The summed E-state index contributed by atoms with van der Waals surface area (Å²) < 4.78 is 9.70. The molecule has 6 heteroatoms. The Hall–Kier alpha value is -1.14. The lowest BCUT2D eigenvalue weighted by Crippen LogP contribution is -2.49. The highest BCUT2D eigenvalue weighted by molar-refractivity contribution is 5.80. The van der Waals surface area contributed by atoms with Gasteiger partial charge >= 0.3 is 5.97 Å². The van der Waals surface area contributed by atoms with Gasteiger partial charge in [0.2, 0.25) is 5.91 Å². The van der Waals surface area contributed by atoms with E-state index >= 15 is 0 Å². The molecule has 1 aliphatic heterocycles. The number of piperidine rings is 1. The Morgan fingerprint density at radius 2 is 2.11 bits per heavy atom. The molecule has 1 aliphatic rings. The number of hydrogen-bond donors (Lipinski definition) is 1. The summed E-state index contributed by atoms with van der Waals surface area (Å²) in [7, 11) is 3.02. The maximum atomic E-state index is 11.8. The molecule has 0 aromatic rings. The van der Waals surface area contributed by atoms with E-state index in [1.807, 2.05) is 4.90 Å². The van der Waals surface area contributed by atoms with Gasteiger partial charge in [-0.05, 0) is 25.8 Å². The Labute approximate surface area is 114 Å². The first-order valence-electron chi connectivity index (χ1n) is 6.76. The van der Waals surface area contributed by atoms with Gasteiger partial charge in [0.25, 0.3) is 0 Å². The Morgan fingerprint density at radius 3 is 2.79 bits per heavy atom. The molecule has 0 aromatic carbocycles. The monoisotopic (exact) mass is 272 g/mol. The highest BCUT2D eigenvalue weighted by atomic mass is 16.5. The van der Waals surface area contributed by atoms with Gasteiger partial charge in [0.15, 0.2) is 0 Å². The standard InChI is InChI=1S/C13H24N2O4/c1-18-9-5-7-14-12(16)10-15-8-4-3-6-11(15)13(17)19-2/h11H,3-10H2,1-2H3,(H,14,16)/t11-/m1/s1. The zero-order valence-corrected chi connectivity index (χ0v) is 11.8. The zero-order valence-electron chi connectivity index (χ0n) is 11.8. The Bertz CT molecular complexity index is 296. The van der Waals surface area contributed by atoms with Crippen molar-refractivity contribution < 1.29 is 19.1 Å². The van der Waals surface area contributed by atoms with Crippen molar-refractivity contribution in [3.05, 3.63) is 0 Å². The molecule has 0 aromatic heterocycles. The van der Waals surface area contributed by atoms with Crippen molar-refractivity contribution in [1.29, 1.82) is 0 Å². The molecule has 110 valence electrons. The second-order valence-corrected chi connectivity index (χ2v) is 4.70. The number of methoxy groups -OCH3 is 2. The maximum Gasteiger partial charge on any atom is 0.323 e. The first-order valence-corrected chi connectivity index (χ1v) is 6.76. The SMILES string of the molecule is COCCCNC(=O)CN1CCCC[C@@H]1C(=O)OC. The minimum Gasteiger partial charge on any atom is -0.468 e. The van der Waals surface area contributed by atoms with E-state index in [1.165, 1.54) is 7.11 Å². The summed E-state index contributed by atoms with van der Waals surface area (Å²) in [6.07, 6.45) is 3.59. The minimum absolute atomic E-state index is 0.0492. The van der Waals surface area contributed by atoms with Crippen LogP contribution in [-0.4, -0.2) is 63.3 Å². The number of nitrogens with one attached hydrogen (secondary N) is 1. The van der Waals surface area contributed by atoms with E-state index in [-0.39, 0.29) is 24.5 Å². The molecule has 0 bridgehead atoms. The smallest absolute Gasteiger partial charge is 0.323 e. The molecule has 1 amide bonds.